The zero-order chi connectivity index (χ0) is 16.7. The number of carbonyl (C=O) groups excluding carboxylic acids is 1. The van der Waals surface area contributed by atoms with E-state index in [4.69, 9.17) is 10.00 Å². The van der Waals surface area contributed by atoms with Crippen LogP contribution in [-0.4, -0.2) is 19.2 Å². The third kappa shape index (κ3) is 5.04. The number of hydrogen-bond donors (Lipinski definition) is 2. The summed E-state index contributed by atoms with van der Waals surface area (Å²) in [5, 5.41) is 14.2. The van der Waals surface area contributed by atoms with Gasteiger partial charge in [-0.25, -0.2) is 4.79 Å². The quantitative estimate of drug-likeness (QED) is 0.832. The SMILES string of the molecule is Cc1ccc(OCCNC(=O)Nc2cccc(C#N)c2)cc1C. The van der Waals surface area contributed by atoms with Crippen molar-refractivity contribution in [2.24, 2.45) is 0 Å². The Balaban J connectivity index is 1.74. The van der Waals surface area contributed by atoms with Crippen molar-refractivity contribution in [1.82, 2.24) is 5.32 Å². The van der Waals surface area contributed by atoms with Crippen molar-refractivity contribution in [3.8, 4) is 11.8 Å². The van der Waals surface area contributed by atoms with Gasteiger partial charge in [0.15, 0.2) is 0 Å². The first-order chi connectivity index (χ1) is 11.1. The first-order valence-electron chi connectivity index (χ1n) is 7.33. The Hall–Kier alpha value is -3.00. The maximum atomic E-state index is 11.8. The fourth-order valence-electron chi connectivity index (χ4n) is 1.98. The summed E-state index contributed by atoms with van der Waals surface area (Å²) >= 11 is 0. The zero-order valence-electron chi connectivity index (χ0n) is 13.2. The van der Waals surface area contributed by atoms with Gasteiger partial charge >= 0.3 is 6.03 Å². The molecule has 0 atom stereocenters. The average molecular weight is 309 g/mol. The first kappa shape index (κ1) is 16.4. The molecule has 0 spiro atoms. The maximum Gasteiger partial charge on any atom is 0.319 e. The predicted molar refractivity (Wildman–Crippen MR) is 89.6 cm³/mol. The van der Waals surface area contributed by atoms with Gasteiger partial charge in [-0.3, -0.25) is 0 Å². The number of nitrogens with one attached hydrogen (secondary N) is 2. The van der Waals surface area contributed by atoms with Crippen molar-refractivity contribution in [1.29, 1.82) is 5.26 Å². The first-order valence-corrected chi connectivity index (χ1v) is 7.33. The molecule has 0 saturated heterocycles. The number of anilines is 1. The molecule has 0 fully saturated rings. The van der Waals surface area contributed by atoms with Crippen LogP contribution in [0.15, 0.2) is 42.5 Å². The van der Waals surface area contributed by atoms with Crippen LogP contribution >= 0.6 is 0 Å². The molecule has 0 bridgehead atoms. The Bertz CT molecular complexity index is 735. The van der Waals surface area contributed by atoms with E-state index in [1.165, 1.54) is 11.1 Å². The van der Waals surface area contributed by atoms with Crippen molar-refractivity contribution in [2.45, 2.75) is 13.8 Å². The molecule has 118 valence electrons. The topological polar surface area (TPSA) is 74.2 Å². The highest BCUT2D eigenvalue weighted by atomic mass is 16.5. The highest BCUT2D eigenvalue weighted by Gasteiger charge is 2.02. The van der Waals surface area contributed by atoms with Gasteiger partial charge in [0.2, 0.25) is 0 Å². The summed E-state index contributed by atoms with van der Waals surface area (Å²) in [4.78, 5) is 11.8. The van der Waals surface area contributed by atoms with Gasteiger partial charge < -0.3 is 15.4 Å². The standard InChI is InChI=1S/C18H19N3O2/c1-13-6-7-17(10-14(13)2)23-9-8-20-18(22)21-16-5-3-4-15(11-16)12-19/h3-7,10-11H,8-9H2,1-2H3,(H2,20,21,22). The second kappa shape index (κ2) is 7.85. The Labute approximate surface area is 135 Å². The Morgan fingerprint density at radius 2 is 2.00 bits per heavy atom. The number of urea groups is 1. The van der Waals surface area contributed by atoms with E-state index in [2.05, 4.69) is 10.6 Å². The van der Waals surface area contributed by atoms with Crippen molar-refractivity contribution in [3.05, 3.63) is 59.2 Å². The van der Waals surface area contributed by atoms with E-state index in [1.54, 1.807) is 24.3 Å². The molecular weight excluding hydrogens is 290 g/mol. The molecule has 5 nitrogen and oxygen atoms in total. The molecule has 5 heteroatoms. The van der Waals surface area contributed by atoms with Crippen molar-refractivity contribution in [3.63, 3.8) is 0 Å². The maximum absolute atomic E-state index is 11.8. The Morgan fingerprint density at radius 1 is 1.17 bits per heavy atom. The minimum atomic E-state index is -0.330. The zero-order valence-corrected chi connectivity index (χ0v) is 13.2. The lowest BCUT2D eigenvalue weighted by Gasteiger charge is -2.10. The molecule has 2 rings (SSSR count). The highest BCUT2D eigenvalue weighted by Crippen LogP contribution is 2.16. The predicted octanol–water partition coefficient (Wildman–Crippen LogP) is 3.38. The van der Waals surface area contributed by atoms with Gasteiger partial charge in [-0.05, 0) is 55.3 Å². The summed E-state index contributed by atoms with van der Waals surface area (Å²) in [5.41, 5.74) is 3.47. The van der Waals surface area contributed by atoms with Crippen molar-refractivity contribution in [2.75, 3.05) is 18.5 Å². The molecule has 0 saturated carbocycles. The van der Waals surface area contributed by atoms with Gasteiger partial charge in [0.1, 0.15) is 12.4 Å². The molecule has 0 radical (unpaired) electrons. The van der Waals surface area contributed by atoms with E-state index in [0.29, 0.717) is 24.4 Å². The monoisotopic (exact) mass is 309 g/mol. The molecule has 0 aliphatic heterocycles. The lowest BCUT2D eigenvalue weighted by molar-refractivity contribution is 0.247. The van der Waals surface area contributed by atoms with Crippen molar-refractivity contribution >= 4 is 11.7 Å². The summed E-state index contributed by atoms with van der Waals surface area (Å²) in [6.07, 6.45) is 0. The summed E-state index contributed by atoms with van der Waals surface area (Å²) in [6, 6.07) is 14.3. The molecule has 0 unspecified atom stereocenters. The minimum Gasteiger partial charge on any atom is -0.492 e. The number of nitriles is 1. The van der Waals surface area contributed by atoms with Gasteiger partial charge in [-0.1, -0.05) is 12.1 Å². The molecule has 2 N–H and O–H groups in total. The number of ether oxygens (including phenoxy) is 1. The van der Waals surface area contributed by atoms with E-state index in [-0.39, 0.29) is 6.03 Å². The number of aryl methyl sites for hydroxylation is 2. The number of benzene rings is 2. The lowest BCUT2D eigenvalue weighted by Crippen LogP contribution is -2.32. The molecule has 2 aromatic rings. The Morgan fingerprint density at radius 3 is 2.74 bits per heavy atom. The van der Waals surface area contributed by atoms with Gasteiger partial charge in [0.05, 0.1) is 18.2 Å². The molecule has 0 aliphatic carbocycles. The largest absolute Gasteiger partial charge is 0.492 e. The molecule has 2 aromatic carbocycles. The smallest absolute Gasteiger partial charge is 0.319 e. The molecule has 23 heavy (non-hydrogen) atoms. The number of nitrogens with zero attached hydrogens (tertiary/aromatic N) is 1. The second-order valence-electron chi connectivity index (χ2n) is 5.17. The van der Waals surface area contributed by atoms with Gasteiger partial charge in [-0.2, -0.15) is 5.26 Å². The summed E-state index contributed by atoms with van der Waals surface area (Å²) in [5.74, 6) is 0.789. The van der Waals surface area contributed by atoms with Crippen LogP contribution in [0.1, 0.15) is 16.7 Å². The van der Waals surface area contributed by atoms with Gasteiger partial charge in [0.25, 0.3) is 0 Å². The summed E-state index contributed by atoms with van der Waals surface area (Å²) < 4.78 is 5.59. The fraction of sp³-hybridized carbons (Fsp3) is 0.222. The Kier molecular flexibility index (Phi) is 5.59. The van der Waals surface area contributed by atoms with Gasteiger partial charge in [-0.15, -0.1) is 0 Å². The van der Waals surface area contributed by atoms with E-state index in [0.717, 1.165) is 5.75 Å². The fourth-order valence-corrected chi connectivity index (χ4v) is 1.98. The van der Waals surface area contributed by atoms with E-state index in [1.807, 2.05) is 38.1 Å². The van der Waals surface area contributed by atoms with E-state index >= 15 is 0 Å². The van der Waals surface area contributed by atoms with Crippen LogP contribution < -0.4 is 15.4 Å². The number of hydrogen-bond acceptors (Lipinski definition) is 3. The third-order valence-corrected chi connectivity index (χ3v) is 3.38. The van der Waals surface area contributed by atoms with Crippen LogP contribution in [0.25, 0.3) is 0 Å². The highest BCUT2D eigenvalue weighted by molar-refractivity contribution is 5.89. The van der Waals surface area contributed by atoms with Crippen LogP contribution in [0.2, 0.25) is 0 Å². The van der Waals surface area contributed by atoms with Gasteiger partial charge in [0, 0.05) is 5.69 Å². The van der Waals surface area contributed by atoms with Crippen LogP contribution in [-0.2, 0) is 0 Å². The van der Waals surface area contributed by atoms with E-state index in [9.17, 15) is 4.79 Å². The molecular formula is C18H19N3O2. The normalized spacial score (nSPS) is 9.78. The molecule has 0 aromatic heterocycles. The second-order valence-corrected chi connectivity index (χ2v) is 5.17. The van der Waals surface area contributed by atoms with Crippen molar-refractivity contribution < 1.29 is 9.53 Å². The lowest BCUT2D eigenvalue weighted by atomic mass is 10.1. The van der Waals surface area contributed by atoms with Crippen LogP contribution in [0.5, 0.6) is 5.75 Å². The van der Waals surface area contributed by atoms with E-state index < -0.39 is 0 Å². The number of amides is 2. The average Bonchev–Trinajstić information content (AvgIpc) is 2.55. The summed E-state index contributed by atoms with van der Waals surface area (Å²) in [6.45, 7) is 4.85. The molecule has 0 heterocycles. The molecule has 0 aliphatic rings. The summed E-state index contributed by atoms with van der Waals surface area (Å²) in [7, 11) is 0. The van der Waals surface area contributed by atoms with Crippen LogP contribution in [0.4, 0.5) is 10.5 Å². The van der Waals surface area contributed by atoms with Crippen LogP contribution in [0, 0.1) is 25.2 Å². The third-order valence-electron chi connectivity index (χ3n) is 3.38. The molecule has 2 amide bonds. The number of carbonyl (C=O) groups is 1. The van der Waals surface area contributed by atoms with Crippen LogP contribution in [0.3, 0.4) is 0 Å². The number of rotatable bonds is 5. The minimum absolute atomic E-state index is 0.330.